The number of rotatable bonds is 3. The average molecular weight is 280 g/mol. The van der Waals surface area contributed by atoms with Crippen molar-refractivity contribution >= 4 is 17.4 Å². The van der Waals surface area contributed by atoms with E-state index in [0.29, 0.717) is 5.15 Å². The van der Waals surface area contributed by atoms with E-state index in [1.165, 1.54) is 0 Å². The number of hydrogen-bond acceptors (Lipinski definition) is 6. The van der Waals surface area contributed by atoms with Crippen LogP contribution in [0.25, 0.3) is 0 Å². The van der Waals surface area contributed by atoms with Crippen LogP contribution in [0.4, 0.5) is 5.82 Å². The number of nitrogens with zero attached hydrogens (tertiary/aromatic N) is 5. The Kier molecular flexibility index (Phi) is 3.61. The summed E-state index contributed by atoms with van der Waals surface area (Å²) in [5.74, 6) is 0.841. The van der Waals surface area contributed by atoms with Gasteiger partial charge in [-0.3, -0.25) is 9.88 Å². The molecule has 0 unspecified atom stereocenters. The molecule has 0 bridgehead atoms. The van der Waals surface area contributed by atoms with Crippen LogP contribution in [0, 0.1) is 0 Å². The summed E-state index contributed by atoms with van der Waals surface area (Å²) in [7, 11) is 0. The number of aromatic nitrogens is 3. The number of anilines is 1. The molecule has 0 spiro atoms. The molecule has 3 rings (SSSR count). The summed E-state index contributed by atoms with van der Waals surface area (Å²) in [5.41, 5.74) is 0.969. The van der Waals surface area contributed by atoms with Crippen LogP contribution < -0.4 is 4.90 Å². The third kappa shape index (κ3) is 3.02. The van der Waals surface area contributed by atoms with Crippen molar-refractivity contribution in [3.05, 3.63) is 35.6 Å². The van der Waals surface area contributed by atoms with Gasteiger partial charge in [0, 0.05) is 38.8 Å². The van der Waals surface area contributed by atoms with Crippen molar-refractivity contribution in [2.24, 2.45) is 0 Å². The molecule has 0 amide bonds. The highest BCUT2D eigenvalue weighted by Gasteiger charge is 2.19. The second kappa shape index (κ2) is 5.54. The molecule has 7 heteroatoms. The van der Waals surface area contributed by atoms with Crippen molar-refractivity contribution in [2.75, 3.05) is 31.1 Å². The van der Waals surface area contributed by atoms with E-state index in [4.69, 9.17) is 16.1 Å². The van der Waals surface area contributed by atoms with Crippen LogP contribution in [0.15, 0.2) is 29.2 Å². The fourth-order valence-corrected chi connectivity index (χ4v) is 2.31. The number of piperazine rings is 1. The predicted molar refractivity (Wildman–Crippen MR) is 71.0 cm³/mol. The summed E-state index contributed by atoms with van der Waals surface area (Å²) < 4.78 is 4.84. The summed E-state index contributed by atoms with van der Waals surface area (Å²) >= 11 is 5.86. The molecular weight excluding hydrogens is 266 g/mol. The lowest BCUT2D eigenvalue weighted by atomic mass is 10.3. The first-order chi connectivity index (χ1) is 9.31. The quantitative estimate of drug-likeness (QED) is 0.847. The van der Waals surface area contributed by atoms with E-state index in [2.05, 4.69) is 24.9 Å². The van der Waals surface area contributed by atoms with Gasteiger partial charge in [0.2, 0.25) is 0 Å². The summed E-state index contributed by atoms with van der Waals surface area (Å²) in [6.07, 6.45) is 4.90. The van der Waals surface area contributed by atoms with Gasteiger partial charge in [-0.15, -0.1) is 0 Å². The van der Waals surface area contributed by atoms with Crippen LogP contribution in [-0.2, 0) is 6.54 Å². The average Bonchev–Trinajstić information content (AvgIpc) is 2.92. The summed E-state index contributed by atoms with van der Waals surface area (Å²) in [4.78, 5) is 12.9. The standard InChI is InChI=1S/C12H14ClN5O/c13-11-7-14-8-12(15-11)18-4-2-17(3-5-18)9-10-1-6-19-16-10/h1,6-8H,2-5,9H2. The Hall–Kier alpha value is -1.66. The van der Waals surface area contributed by atoms with Gasteiger partial charge in [0.15, 0.2) is 0 Å². The highest BCUT2D eigenvalue weighted by atomic mass is 35.5. The fraction of sp³-hybridized carbons (Fsp3) is 0.417. The minimum atomic E-state index is 0.433. The Labute approximate surface area is 116 Å². The van der Waals surface area contributed by atoms with E-state index < -0.39 is 0 Å². The summed E-state index contributed by atoms with van der Waals surface area (Å²) in [6.45, 7) is 4.56. The topological polar surface area (TPSA) is 58.3 Å². The molecule has 6 nitrogen and oxygen atoms in total. The van der Waals surface area contributed by atoms with Gasteiger partial charge < -0.3 is 9.42 Å². The lowest BCUT2D eigenvalue weighted by Gasteiger charge is -2.34. The van der Waals surface area contributed by atoms with Crippen LogP contribution in [0.5, 0.6) is 0 Å². The first-order valence-corrected chi connectivity index (χ1v) is 6.53. The second-order valence-corrected chi connectivity index (χ2v) is 4.84. The minimum absolute atomic E-state index is 0.433. The van der Waals surface area contributed by atoms with Crippen LogP contribution >= 0.6 is 11.6 Å². The van der Waals surface area contributed by atoms with Crippen LogP contribution in [-0.4, -0.2) is 46.2 Å². The normalized spacial score (nSPS) is 16.8. The van der Waals surface area contributed by atoms with Gasteiger partial charge in [-0.25, -0.2) is 4.98 Å². The van der Waals surface area contributed by atoms with E-state index in [1.807, 2.05) is 6.07 Å². The van der Waals surface area contributed by atoms with Crippen molar-refractivity contribution in [1.29, 1.82) is 0 Å². The van der Waals surface area contributed by atoms with Gasteiger partial charge in [0.1, 0.15) is 17.2 Å². The lowest BCUT2D eigenvalue weighted by Crippen LogP contribution is -2.46. The molecular formula is C12H14ClN5O. The first-order valence-electron chi connectivity index (χ1n) is 6.15. The maximum absolute atomic E-state index is 5.86. The number of hydrogen-bond donors (Lipinski definition) is 0. The van der Waals surface area contributed by atoms with Crippen molar-refractivity contribution in [3.63, 3.8) is 0 Å². The Balaban J connectivity index is 1.57. The lowest BCUT2D eigenvalue weighted by molar-refractivity contribution is 0.241. The van der Waals surface area contributed by atoms with E-state index in [0.717, 1.165) is 44.2 Å². The highest BCUT2D eigenvalue weighted by Crippen LogP contribution is 2.15. The molecule has 100 valence electrons. The summed E-state index contributed by atoms with van der Waals surface area (Å²) in [5, 5.41) is 4.36. The van der Waals surface area contributed by atoms with Gasteiger partial charge in [-0.05, 0) is 0 Å². The monoisotopic (exact) mass is 279 g/mol. The first kappa shape index (κ1) is 12.4. The molecule has 2 aromatic heterocycles. The molecule has 19 heavy (non-hydrogen) atoms. The Bertz CT molecular complexity index is 525. The molecule has 1 aliphatic rings. The molecule has 0 saturated carbocycles. The SMILES string of the molecule is Clc1cncc(N2CCN(Cc3ccon3)CC2)n1. The minimum Gasteiger partial charge on any atom is -0.364 e. The molecule has 1 saturated heterocycles. The largest absolute Gasteiger partial charge is 0.364 e. The van der Waals surface area contributed by atoms with E-state index in [1.54, 1.807) is 18.7 Å². The second-order valence-electron chi connectivity index (χ2n) is 4.45. The highest BCUT2D eigenvalue weighted by molar-refractivity contribution is 6.29. The predicted octanol–water partition coefficient (Wildman–Crippen LogP) is 1.44. The van der Waals surface area contributed by atoms with Gasteiger partial charge >= 0.3 is 0 Å². The Morgan fingerprint density at radius 3 is 2.74 bits per heavy atom. The maximum atomic E-state index is 5.86. The Morgan fingerprint density at radius 2 is 2.05 bits per heavy atom. The van der Waals surface area contributed by atoms with Crippen LogP contribution in [0.2, 0.25) is 5.15 Å². The molecule has 0 aliphatic carbocycles. The third-order valence-electron chi connectivity index (χ3n) is 3.17. The molecule has 0 atom stereocenters. The van der Waals surface area contributed by atoms with E-state index >= 15 is 0 Å². The van der Waals surface area contributed by atoms with Gasteiger partial charge in [0.25, 0.3) is 0 Å². The van der Waals surface area contributed by atoms with Crippen LogP contribution in [0.3, 0.4) is 0 Å². The molecule has 0 radical (unpaired) electrons. The zero-order valence-corrected chi connectivity index (χ0v) is 11.1. The Morgan fingerprint density at radius 1 is 1.21 bits per heavy atom. The van der Waals surface area contributed by atoms with Gasteiger partial charge in [-0.2, -0.15) is 0 Å². The molecule has 2 aromatic rings. The van der Waals surface area contributed by atoms with Crippen molar-refractivity contribution in [3.8, 4) is 0 Å². The molecule has 0 N–H and O–H groups in total. The van der Waals surface area contributed by atoms with E-state index in [-0.39, 0.29) is 0 Å². The van der Waals surface area contributed by atoms with Crippen LogP contribution in [0.1, 0.15) is 5.69 Å². The zero-order valence-electron chi connectivity index (χ0n) is 10.4. The fourth-order valence-electron chi connectivity index (χ4n) is 2.17. The van der Waals surface area contributed by atoms with Gasteiger partial charge in [0.05, 0.1) is 18.1 Å². The molecule has 1 aliphatic heterocycles. The van der Waals surface area contributed by atoms with Gasteiger partial charge in [-0.1, -0.05) is 16.8 Å². The zero-order chi connectivity index (χ0) is 13.1. The third-order valence-corrected chi connectivity index (χ3v) is 3.35. The van der Waals surface area contributed by atoms with Crippen molar-refractivity contribution in [2.45, 2.75) is 6.54 Å². The van der Waals surface area contributed by atoms with Crippen molar-refractivity contribution < 1.29 is 4.52 Å². The number of halogens is 1. The molecule has 1 fully saturated rings. The maximum Gasteiger partial charge on any atom is 0.149 e. The van der Waals surface area contributed by atoms with Crippen molar-refractivity contribution in [1.82, 2.24) is 20.0 Å². The molecule has 3 heterocycles. The smallest absolute Gasteiger partial charge is 0.149 e. The van der Waals surface area contributed by atoms with E-state index in [9.17, 15) is 0 Å². The summed E-state index contributed by atoms with van der Waals surface area (Å²) in [6, 6.07) is 1.90. The molecule has 0 aromatic carbocycles.